The first kappa shape index (κ1) is 13.6. The molecule has 0 aliphatic heterocycles. The molecule has 1 aromatic carbocycles. The fourth-order valence-electron chi connectivity index (χ4n) is 1.38. The van der Waals surface area contributed by atoms with Crippen molar-refractivity contribution >= 4 is 17.6 Å². The maximum Gasteiger partial charge on any atom is 0.332 e. The second-order valence-corrected chi connectivity index (χ2v) is 4.38. The third-order valence-electron chi connectivity index (χ3n) is 2.47. The summed E-state index contributed by atoms with van der Waals surface area (Å²) < 4.78 is 10.4. The van der Waals surface area contributed by atoms with Crippen molar-refractivity contribution in [1.82, 2.24) is 4.98 Å². The predicted molar refractivity (Wildman–Crippen MR) is 68.8 cm³/mol. The molecule has 100 valence electrons. The monoisotopic (exact) mass is 281 g/mol. The van der Waals surface area contributed by atoms with Crippen molar-refractivity contribution in [2.24, 2.45) is 0 Å². The minimum atomic E-state index is -1.01. The van der Waals surface area contributed by atoms with E-state index in [1.165, 1.54) is 13.2 Å². The first-order valence-corrected chi connectivity index (χ1v) is 5.99. The number of aliphatic carboxylic acids is 1. The molecule has 2 rings (SSSR count). The highest BCUT2D eigenvalue weighted by Gasteiger charge is 2.13. The Labute approximate surface area is 114 Å². The molecule has 1 atom stereocenters. The van der Waals surface area contributed by atoms with Gasteiger partial charge in [0.05, 0.1) is 6.61 Å². The molecule has 2 aromatic rings. The molecule has 0 fully saturated rings. The maximum atomic E-state index is 10.6. The molecular formula is C13H12ClNO4. The molecule has 0 aliphatic rings. The Morgan fingerprint density at radius 1 is 1.47 bits per heavy atom. The molecule has 6 heteroatoms. The van der Waals surface area contributed by atoms with E-state index in [-0.39, 0.29) is 6.61 Å². The average molecular weight is 282 g/mol. The molecular weight excluding hydrogens is 270 g/mol. The lowest BCUT2D eigenvalue weighted by atomic mass is 10.2. The van der Waals surface area contributed by atoms with Crippen LogP contribution in [0, 0.1) is 0 Å². The van der Waals surface area contributed by atoms with Crippen LogP contribution in [0.5, 0.6) is 0 Å². The van der Waals surface area contributed by atoms with Gasteiger partial charge in [0.1, 0.15) is 12.0 Å². The summed E-state index contributed by atoms with van der Waals surface area (Å²) >= 11 is 5.79. The van der Waals surface area contributed by atoms with Gasteiger partial charge in [-0.25, -0.2) is 9.78 Å². The van der Waals surface area contributed by atoms with E-state index >= 15 is 0 Å². The number of oxazole rings is 1. The zero-order chi connectivity index (χ0) is 13.8. The van der Waals surface area contributed by atoms with Gasteiger partial charge >= 0.3 is 5.97 Å². The molecule has 5 nitrogen and oxygen atoms in total. The topological polar surface area (TPSA) is 72.6 Å². The lowest BCUT2D eigenvalue weighted by Gasteiger charge is -2.05. The smallest absolute Gasteiger partial charge is 0.332 e. The molecule has 0 amide bonds. The number of carbonyl (C=O) groups is 1. The standard InChI is InChI=1S/C13H12ClNO4/c1-8(13(16)17)18-6-11-7-19-12(15-11)9-2-4-10(14)5-3-9/h2-5,7-8H,6H2,1H3,(H,16,17)/t8-/m0/s1. The summed E-state index contributed by atoms with van der Waals surface area (Å²) in [7, 11) is 0. The Morgan fingerprint density at radius 2 is 2.16 bits per heavy atom. The number of benzene rings is 1. The van der Waals surface area contributed by atoms with Crippen LogP contribution in [0.15, 0.2) is 34.9 Å². The number of rotatable bonds is 5. The molecule has 0 saturated heterocycles. The van der Waals surface area contributed by atoms with E-state index in [9.17, 15) is 4.79 Å². The van der Waals surface area contributed by atoms with E-state index in [0.717, 1.165) is 5.56 Å². The zero-order valence-corrected chi connectivity index (χ0v) is 10.9. The number of halogens is 1. The number of aromatic nitrogens is 1. The van der Waals surface area contributed by atoms with Gasteiger partial charge in [0.15, 0.2) is 6.10 Å². The summed E-state index contributed by atoms with van der Waals surface area (Å²) in [6.07, 6.45) is 0.564. The van der Waals surface area contributed by atoms with Crippen molar-refractivity contribution in [3.05, 3.63) is 41.2 Å². The van der Waals surface area contributed by atoms with Crippen molar-refractivity contribution in [1.29, 1.82) is 0 Å². The average Bonchev–Trinajstić information content (AvgIpc) is 2.85. The Balaban J connectivity index is 2.03. The molecule has 0 bridgehead atoms. The quantitative estimate of drug-likeness (QED) is 0.912. The number of hydrogen-bond acceptors (Lipinski definition) is 4. The number of carboxylic acids is 1. The summed E-state index contributed by atoms with van der Waals surface area (Å²) in [5, 5.41) is 9.32. The summed E-state index contributed by atoms with van der Waals surface area (Å²) in [5.41, 5.74) is 1.33. The van der Waals surface area contributed by atoms with Crippen LogP contribution in [-0.4, -0.2) is 22.2 Å². The van der Waals surface area contributed by atoms with Gasteiger partial charge in [-0.05, 0) is 31.2 Å². The number of hydrogen-bond donors (Lipinski definition) is 1. The molecule has 0 radical (unpaired) electrons. The highest BCUT2D eigenvalue weighted by atomic mass is 35.5. The fourth-order valence-corrected chi connectivity index (χ4v) is 1.51. The fraction of sp³-hybridized carbons (Fsp3) is 0.231. The molecule has 0 spiro atoms. The molecule has 0 aliphatic carbocycles. The number of nitrogens with zero attached hydrogens (tertiary/aromatic N) is 1. The summed E-state index contributed by atoms with van der Waals surface area (Å²) in [4.78, 5) is 14.8. The molecule has 1 N–H and O–H groups in total. The summed E-state index contributed by atoms with van der Waals surface area (Å²) in [6.45, 7) is 1.55. The third-order valence-corrected chi connectivity index (χ3v) is 2.72. The van der Waals surface area contributed by atoms with E-state index in [4.69, 9.17) is 25.9 Å². The molecule has 1 aromatic heterocycles. The van der Waals surface area contributed by atoms with Crippen molar-refractivity contribution in [3.8, 4) is 11.5 Å². The summed E-state index contributed by atoms with van der Waals surface area (Å²) in [6, 6.07) is 7.06. The van der Waals surface area contributed by atoms with Gasteiger partial charge in [-0.3, -0.25) is 0 Å². The minimum Gasteiger partial charge on any atom is -0.479 e. The van der Waals surface area contributed by atoms with Crippen LogP contribution >= 0.6 is 11.6 Å². The Morgan fingerprint density at radius 3 is 2.79 bits per heavy atom. The summed E-state index contributed by atoms with van der Waals surface area (Å²) in [5.74, 6) is -0.570. The second-order valence-electron chi connectivity index (χ2n) is 3.94. The van der Waals surface area contributed by atoms with E-state index in [1.807, 2.05) is 0 Å². The van der Waals surface area contributed by atoms with Crippen molar-refractivity contribution < 1.29 is 19.1 Å². The number of ether oxygens (including phenoxy) is 1. The van der Waals surface area contributed by atoms with Gasteiger partial charge in [0, 0.05) is 10.6 Å². The van der Waals surface area contributed by atoms with Crippen LogP contribution < -0.4 is 0 Å². The first-order valence-electron chi connectivity index (χ1n) is 5.61. The van der Waals surface area contributed by atoms with Crippen LogP contribution in [0.25, 0.3) is 11.5 Å². The maximum absolute atomic E-state index is 10.6. The van der Waals surface area contributed by atoms with Gasteiger partial charge in [0.2, 0.25) is 5.89 Å². The van der Waals surface area contributed by atoms with Crippen LogP contribution in [0.4, 0.5) is 0 Å². The highest BCUT2D eigenvalue weighted by Crippen LogP contribution is 2.21. The first-order chi connectivity index (χ1) is 9.06. The van der Waals surface area contributed by atoms with Gasteiger partial charge < -0.3 is 14.3 Å². The van der Waals surface area contributed by atoms with E-state index in [0.29, 0.717) is 16.6 Å². The Hall–Kier alpha value is -1.85. The van der Waals surface area contributed by atoms with Crippen LogP contribution in [0.1, 0.15) is 12.6 Å². The van der Waals surface area contributed by atoms with Crippen LogP contribution in [0.2, 0.25) is 5.02 Å². The van der Waals surface area contributed by atoms with Crippen LogP contribution in [0.3, 0.4) is 0 Å². The van der Waals surface area contributed by atoms with Crippen LogP contribution in [-0.2, 0) is 16.1 Å². The van der Waals surface area contributed by atoms with Gasteiger partial charge in [-0.2, -0.15) is 0 Å². The van der Waals surface area contributed by atoms with Gasteiger partial charge in [-0.1, -0.05) is 11.6 Å². The zero-order valence-electron chi connectivity index (χ0n) is 10.2. The lowest BCUT2D eigenvalue weighted by molar-refractivity contribution is -0.149. The van der Waals surface area contributed by atoms with E-state index in [2.05, 4.69) is 4.98 Å². The lowest BCUT2D eigenvalue weighted by Crippen LogP contribution is -2.19. The molecule has 19 heavy (non-hydrogen) atoms. The van der Waals surface area contributed by atoms with Crippen molar-refractivity contribution in [3.63, 3.8) is 0 Å². The van der Waals surface area contributed by atoms with E-state index in [1.54, 1.807) is 24.3 Å². The van der Waals surface area contributed by atoms with Crippen molar-refractivity contribution in [2.45, 2.75) is 19.6 Å². The molecule has 1 heterocycles. The van der Waals surface area contributed by atoms with Crippen molar-refractivity contribution in [2.75, 3.05) is 0 Å². The minimum absolute atomic E-state index is 0.0879. The van der Waals surface area contributed by atoms with Gasteiger partial charge in [0.25, 0.3) is 0 Å². The second kappa shape index (κ2) is 5.86. The van der Waals surface area contributed by atoms with Gasteiger partial charge in [-0.15, -0.1) is 0 Å². The molecule has 0 saturated carbocycles. The Kier molecular flexibility index (Phi) is 4.19. The normalized spacial score (nSPS) is 12.3. The predicted octanol–water partition coefficient (Wildman–Crippen LogP) is 2.98. The largest absolute Gasteiger partial charge is 0.479 e. The SMILES string of the molecule is C[C@H](OCc1coc(-c2ccc(Cl)cc2)n1)C(=O)O. The Bertz CT molecular complexity index is 564. The number of carboxylic acid groups (broad SMARTS) is 1. The molecule has 0 unspecified atom stereocenters. The third kappa shape index (κ3) is 3.56. The highest BCUT2D eigenvalue weighted by molar-refractivity contribution is 6.30. The van der Waals surface area contributed by atoms with E-state index < -0.39 is 12.1 Å².